The zero-order chi connectivity index (χ0) is 19.8. The average molecular weight is 377 g/mol. The molecule has 0 heterocycles. The Morgan fingerprint density at radius 3 is 2.19 bits per heavy atom. The molecular formula is C24H42NO2+. The summed E-state index contributed by atoms with van der Waals surface area (Å²) in [6, 6.07) is 0. The number of allylic oxidation sites excluding steroid dienone is 3. The lowest BCUT2D eigenvalue weighted by Gasteiger charge is -2.30. The Morgan fingerprint density at radius 1 is 0.926 bits per heavy atom. The minimum absolute atomic E-state index is 0.0603. The Labute approximate surface area is 167 Å². The van der Waals surface area contributed by atoms with Gasteiger partial charge < -0.3 is 9.22 Å². The second-order valence-corrected chi connectivity index (χ2v) is 8.55. The Hall–Kier alpha value is -1.15. The van der Waals surface area contributed by atoms with Gasteiger partial charge in [0.05, 0.1) is 33.9 Å². The van der Waals surface area contributed by atoms with Gasteiger partial charge in [-0.2, -0.15) is 0 Å². The number of quaternary nitrogens is 1. The Balaban J connectivity index is 2.00. The molecule has 0 saturated carbocycles. The Kier molecular flexibility index (Phi) is 13.1. The third-order valence-corrected chi connectivity index (χ3v) is 5.50. The van der Waals surface area contributed by atoms with E-state index < -0.39 is 0 Å². The van der Waals surface area contributed by atoms with Gasteiger partial charge in [0.15, 0.2) is 0 Å². The molecule has 27 heavy (non-hydrogen) atoms. The van der Waals surface area contributed by atoms with E-state index in [1.54, 1.807) is 0 Å². The number of ether oxygens (including phenoxy) is 1. The molecule has 0 bridgehead atoms. The van der Waals surface area contributed by atoms with Crippen molar-refractivity contribution in [3.8, 4) is 0 Å². The van der Waals surface area contributed by atoms with Crippen LogP contribution in [-0.2, 0) is 9.53 Å². The maximum absolute atomic E-state index is 10.9. The van der Waals surface area contributed by atoms with Crippen molar-refractivity contribution in [1.82, 2.24) is 0 Å². The number of nitrogens with zero attached hydrogens (tertiary/aromatic N) is 1. The van der Waals surface area contributed by atoms with Crippen LogP contribution in [-0.4, -0.2) is 50.8 Å². The van der Waals surface area contributed by atoms with Gasteiger partial charge in [0.2, 0.25) is 0 Å². The summed E-state index contributed by atoms with van der Waals surface area (Å²) in [4.78, 5) is 10.9. The summed E-state index contributed by atoms with van der Waals surface area (Å²) in [5, 5.41) is 0. The molecule has 1 atom stereocenters. The molecule has 1 aliphatic carbocycles. The largest absolute Gasteiger partial charge is 0.375 e. The lowest BCUT2D eigenvalue weighted by Crippen LogP contribution is -2.43. The first-order valence-electron chi connectivity index (χ1n) is 11.1. The minimum atomic E-state index is 0.0603. The molecule has 3 heteroatoms. The van der Waals surface area contributed by atoms with Gasteiger partial charge >= 0.3 is 0 Å². The highest BCUT2D eigenvalue weighted by Gasteiger charge is 2.16. The van der Waals surface area contributed by atoms with Crippen molar-refractivity contribution in [2.75, 3.05) is 40.4 Å². The van der Waals surface area contributed by atoms with E-state index in [-0.39, 0.29) is 5.92 Å². The summed E-state index contributed by atoms with van der Waals surface area (Å²) in [6.45, 7) is 5.82. The molecule has 0 aromatic carbocycles. The predicted octanol–water partition coefficient (Wildman–Crippen LogP) is 5.50. The van der Waals surface area contributed by atoms with E-state index in [9.17, 15) is 4.79 Å². The molecule has 0 radical (unpaired) electrons. The number of likely N-dealkylation sites (N-methyl/N-ethyl adjacent to an activating group) is 1. The average Bonchev–Trinajstić information content (AvgIpc) is 2.67. The zero-order valence-electron chi connectivity index (χ0n) is 18.0. The summed E-state index contributed by atoms with van der Waals surface area (Å²) in [5.41, 5.74) is 0.691. The molecule has 0 amide bonds. The van der Waals surface area contributed by atoms with Gasteiger partial charge in [0.25, 0.3) is 0 Å². The molecule has 0 aliphatic heterocycles. The fourth-order valence-corrected chi connectivity index (χ4v) is 3.50. The molecule has 1 unspecified atom stereocenters. The number of carbonyl (C=O) groups excluding carboxylic acids is 1. The van der Waals surface area contributed by atoms with Crippen molar-refractivity contribution in [2.24, 2.45) is 5.92 Å². The number of unbranched alkanes of at least 4 members (excludes halogenated alkanes) is 9. The normalized spacial score (nSPS) is 16.7. The van der Waals surface area contributed by atoms with Gasteiger partial charge in [-0.1, -0.05) is 76.5 Å². The van der Waals surface area contributed by atoms with Crippen molar-refractivity contribution in [1.29, 1.82) is 0 Å². The van der Waals surface area contributed by atoms with Crippen LogP contribution in [0.4, 0.5) is 0 Å². The highest BCUT2D eigenvalue weighted by Crippen LogP contribution is 2.16. The number of hydrogen-bond donors (Lipinski definition) is 0. The van der Waals surface area contributed by atoms with Crippen LogP contribution in [0, 0.1) is 5.92 Å². The van der Waals surface area contributed by atoms with Gasteiger partial charge in [0, 0.05) is 11.5 Å². The van der Waals surface area contributed by atoms with Crippen molar-refractivity contribution in [2.45, 2.75) is 71.1 Å². The summed E-state index contributed by atoms with van der Waals surface area (Å²) in [6.07, 6.45) is 21.6. The van der Waals surface area contributed by atoms with Crippen LogP contribution in [0.2, 0.25) is 0 Å². The first-order valence-corrected chi connectivity index (χ1v) is 11.1. The minimum Gasteiger partial charge on any atom is -0.375 e. The molecule has 0 aromatic rings. The standard InChI is InChI=1S/C24H42NO2/c1-4-5-6-7-8-9-10-11-12-15-18-25(2,3)19-20-27-22-24-17-14-13-16-23(24)21-26/h13-14,16-17,24H,4-12,15,18-20,22H2,1-3H3/q+1. The van der Waals surface area contributed by atoms with Gasteiger partial charge in [-0.05, 0) is 18.9 Å². The van der Waals surface area contributed by atoms with Crippen molar-refractivity contribution >= 4 is 5.94 Å². The lowest BCUT2D eigenvalue weighted by atomic mass is 9.97. The van der Waals surface area contributed by atoms with Crippen LogP contribution in [0.15, 0.2) is 29.9 Å². The molecule has 3 nitrogen and oxygen atoms in total. The van der Waals surface area contributed by atoms with Crippen LogP contribution >= 0.6 is 0 Å². The van der Waals surface area contributed by atoms with E-state index in [4.69, 9.17) is 4.74 Å². The lowest BCUT2D eigenvalue weighted by molar-refractivity contribution is -0.891. The fourth-order valence-electron chi connectivity index (χ4n) is 3.50. The second-order valence-electron chi connectivity index (χ2n) is 8.55. The Bertz CT molecular complexity index is 487. The molecule has 0 fully saturated rings. The monoisotopic (exact) mass is 376 g/mol. The summed E-state index contributed by atoms with van der Waals surface area (Å²) in [5.74, 6) is 2.08. The van der Waals surface area contributed by atoms with Crippen LogP contribution in [0.1, 0.15) is 71.1 Å². The molecule has 0 spiro atoms. The van der Waals surface area contributed by atoms with E-state index in [0.29, 0.717) is 12.2 Å². The molecule has 0 saturated heterocycles. The zero-order valence-corrected chi connectivity index (χ0v) is 18.0. The first-order chi connectivity index (χ1) is 13.1. The van der Waals surface area contributed by atoms with Gasteiger partial charge in [-0.15, -0.1) is 0 Å². The summed E-state index contributed by atoms with van der Waals surface area (Å²) < 4.78 is 6.85. The molecular weight excluding hydrogens is 334 g/mol. The summed E-state index contributed by atoms with van der Waals surface area (Å²) >= 11 is 0. The Morgan fingerprint density at radius 2 is 1.56 bits per heavy atom. The smallest absolute Gasteiger partial charge is 0.128 e. The maximum Gasteiger partial charge on any atom is 0.128 e. The topological polar surface area (TPSA) is 26.3 Å². The van der Waals surface area contributed by atoms with Crippen LogP contribution < -0.4 is 0 Å². The van der Waals surface area contributed by atoms with Crippen LogP contribution in [0.25, 0.3) is 0 Å². The SMILES string of the molecule is CCCCCCCCCCCC[N+](C)(C)CCOCC1C=CC=CC1=C=O. The molecule has 1 aliphatic rings. The van der Waals surface area contributed by atoms with Crippen molar-refractivity contribution in [3.63, 3.8) is 0 Å². The van der Waals surface area contributed by atoms with E-state index in [1.165, 1.54) is 70.8 Å². The van der Waals surface area contributed by atoms with Gasteiger partial charge in [-0.3, -0.25) is 0 Å². The third-order valence-electron chi connectivity index (χ3n) is 5.50. The van der Waals surface area contributed by atoms with E-state index in [0.717, 1.165) is 17.6 Å². The van der Waals surface area contributed by atoms with E-state index >= 15 is 0 Å². The second kappa shape index (κ2) is 14.9. The summed E-state index contributed by atoms with van der Waals surface area (Å²) in [7, 11) is 4.58. The highest BCUT2D eigenvalue weighted by molar-refractivity contribution is 5.60. The number of hydrogen-bond acceptors (Lipinski definition) is 2. The fraction of sp³-hybridized carbons (Fsp3) is 0.750. The molecule has 0 aromatic heterocycles. The van der Waals surface area contributed by atoms with Crippen LogP contribution in [0.5, 0.6) is 0 Å². The number of rotatable bonds is 16. The van der Waals surface area contributed by atoms with Crippen molar-refractivity contribution in [3.05, 3.63) is 29.9 Å². The molecule has 0 N–H and O–H groups in total. The van der Waals surface area contributed by atoms with Crippen LogP contribution in [0.3, 0.4) is 0 Å². The van der Waals surface area contributed by atoms with Gasteiger partial charge in [0.1, 0.15) is 12.5 Å². The highest BCUT2D eigenvalue weighted by atomic mass is 16.5. The predicted molar refractivity (Wildman–Crippen MR) is 115 cm³/mol. The van der Waals surface area contributed by atoms with Gasteiger partial charge in [-0.25, -0.2) is 4.79 Å². The van der Waals surface area contributed by atoms with E-state index in [2.05, 4.69) is 21.0 Å². The van der Waals surface area contributed by atoms with Crippen molar-refractivity contribution < 1.29 is 14.0 Å². The first kappa shape index (κ1) is 23.9. The van der Waals surface area contributed by atoms with E-state index in [1.807, 2.05) is 30.2 Å². The molecule has 1 rings (SSSR count). The third kappa shape index (κ3) is 12.0. The molecule has 154 valence electrons. The maximum atomic E-state index is 10.9. The quantitative estimate of drug-likeness (QED) is 0.202.